The molecule has 1 rings (SSSR count). The standard InChI is InChI=1S/C10H16F3N3O/c1-8(7-17-2)14-4-6-16-5-3-9(15-16)10(11,12)13/h3,5,8,14H,4,6-7H2,1-2H3. The molecule has 1 N–H and O–H groups in total. The first-order chi connectivity index (χ1) is 7.93. The van der Waals surface area contributed by atoms with E-state index in [2.05, 4.69) is 10.4 Å². The second kappa shape index (κ2) is 6.02. The minimum absolute atomic E-state index is 0.164. The Morgan fingerprint density at radius 2 is 2.24 bits per heavy atom. The molecule has 98 valence electrons. The first kappa shape index (κ1) is 14.0. The van der Waals surface area contributed by atoms with E-state index in [1.807, 2.05) is 6.92 Å². The largest absolute Gasteiger partial charge is 0.435 e. The van der Waals surface area contributed by atoms with Crippen molar-refractivity contribution in [1.29, 1.82) is 0 Å². The summed E-state index contributed by atoms with van der Waals surface area (Å²) in [7, 11) is 1.60. The molecule has 17 heavy (non-hydrogen) atoms. The van der Waals surface area contributed by atoms with Crippen molar-refractivity contribution in [2.24, 2.45) is 0 Å². The summed E-state index contributed by atoms with van der Waals surface area (Å²) in [6.07, 6.45) is -3.05. The summed E-state index contributed by atoms with van der Waals surface area (Å²) in [5.41, 5.74) is -0.859. The van der Waals surface area contributed by atoms with Crippen molar-refractivity contribution in [2.75, 3.05) is 20.3 Å². The SMILES string of the molecule is COCC(C)NCCn1ccc(C(F)(F)F)n1. The van der Waals surface area contributed by atoms with Crippen molar-refractivity contribution in [3.05, 3.63) is 18.0 Å². The first-order valence-corrected chi connectivity index (χ1v) is 5.26. The van der Waals surface area contributed by atoms with E-state index in [0.717, 1.165) is 6.07 Å². The van der Waals surface area contributed by atoms with Crippen LogP contribution in [0.25, 0.3) is 0 Å². The highest BCUT2D eigenvalue weighted by atomic mass is 19.4. The van der Waals surface area contributed by atoms with Gasteiger partial charge in [0.1, 0.15) is 0 Å². The van der Waals surface area contributed by atoms with Crippen LogP contribution >= 0.6 is 0 Å². The van der Waals surface area contributed by atoms with Crippen LogP contribution in [0.5, 0.6) is 0 Å². The lowest BCUT2D eigenvalue weighted by Gasteiger charge is -2.12. The summed E-state index contributed by atoms with van der Waals surface area (Å²) in [4.78, 5) is 0. The van der Waals surface area contributed by atoms with E-state index in [1.54, 1.807) is 7.11 Å². The van der Waals surface area contributed by atoms with Crippen LogP contribution in [0.2, 0.25) is 0 Å². The highest BCUT2D eigenvalue weighted by Crippen LogP contribution is 2.27. The number of halogens is 3. The summed E-state index contributed by atoms with van der Waals surface area (Å²) < 4.78 is 42.9. The Kier molecular flexibility index (Phi) is 4.95. The lowest BCUT2D eigenvalue weighted by molar-refractivity contribution is -0.141. The molecule has 1 atom stereocenters. The molecule has 1 aromatic heterocycles. The number of hydrogen-bond donors (Lipinski definition) is 1. The van der Waals surface area contributed by atoms with Crippen LogP contribution in [0.4, 0.5) is 13.2 Å². The minimum atomic E-state index is -4.37. The summed E-state index contributed by atoms with van der Waals surface area (Å²) in [5.74, 6) is 0. The third-order valence-corrected chi connectivity index (χ3v) is 2.18. The predicted molar refractivity (Wildman–Crippen MR) is 56.6 cm³/mol. The third-order valence-electron chi connectivity index (χ3n) is 2.18. The van der Waals surface area contributed by atoms with Crippen LogP contribution in [0.3, 0.4) is 0 Å². The number of methoxy groups -OCH3 is 1. The zero-order valence-corrected chi connectivity index (χ0v) is 9.79. The average molecular weight is 251 g/mol. The van der Waals surface area contributed by atoms with Crippen LogP contribution in [0, 0.1) is 0 Å². The fraction of sp³-hybridized carbons (Fsp3) is 0.700. The molecule has 0 bridgehead atoms. The topological polar surface area (TPSA) is 39.1 Å². The number of nitrogens with one attached hydrogen (secondary N) is 1. The average Bonchev–Trinajstić information content (AvgIpc) is 2.66. The van der Waals surface area contributed by atoms with E-state index in [1.165, 1.54) is 10.9 Å². The van der Waals surface area contributed by atoms with Gasteiger partial charge in [-0.05, 0) is 13.0 Å². The number of rotatable bonds is 6. The summed E-state index contributed by atoms with van der Waals surface area (Å²) in [5, 5.41) is 6.56. The second-order valence-electron chi connectivity index (χ2n) is 3.77. The van der Waals surface area contributed by atoms with Crippen LogP contribution in [0.1, 0.15) is 12.6 Å². The first-order valence-electron chi connectivity index (χ1n) is 5.26. The predicted octanol–water partition coefficient (Wildman–Crippen LogP) is 1.53. The molecule has 0 aliphatic rings. The molecule has 1 heterocycles. The maximum atomic E-state index is 12.2. The quantitative estimate of drug-likeness (QED) is 0.833. The molecule has 0 spiro atoms. The van der Waals surface area contributed by atoms with Crippen LogP contribution in [-0.2, 0) is 17.5 Å². The number of aromatic nitrogens is 2. The molecule has 0 saturated carbocycles. The van der Waals surface area contributed by atoms with E-state index in [9.17, 15) is 13.2 Å². The van der Waals surface area contributed by atoms with Gasteiger partial charge in [-0.15, -0.1) is 0 Å². The molecule has 4 nitrogen and oxygen atoms in total. The Morgan fingerprint density at radius 1 is 1.53 bits per heavy atom. The molecule has 0 aliphatic carbocycles. The smallest absolute Gasteiger partial charge is 0.383 e. The monoisotopic (exact) mass is 251 g/mol. The summed E-state index contributed by atoms with van der Waals surface area (Å²) >= 11 is 0. The number of nitrogens with zero attached hydrogens (tertiary/aromatic N) is 2. The van der Waals surface area contributed by atoms with Crippen LogP contribution in [0.15, 0.2) is 12.3 Å². The Hall–Kier alpha value is -1.08. The zero-order chi connectivity index (χ0) is 12.9. The molecule has 0 amide bonds. The minimum Gasteiger partial charge on any atom is -0.383 e. The fourth-order valence-electron chi connectivity index (χ4n) is 1.37. The Labute approximate surface area is 97.8 Å². The van der Waals surface area contributed by atoms with Gasteiger partial charge in [-0.25, -0.2) is 0 Å². The number of ether oxygens (including phenoxy) is 1. The molecule has 0 radical (unpaired) electrons. The van der Waals surface area contributed by atoms with E-state index >= 15 is 0 Å². The van der Waals surface area contributed by atoms with Crippen molar-refractivity contribution in [3.8, 4) is 0 Å². The van der Waals surface area contributed by atoms with Gasteiger partial charge in [0.25, 0.3) is 0 Å². The van der Waals surface area contributed by atoms with Crippen LogP contribution < -0.4 is 5.32 Å². The van der Waals surface area contributed by atoms with Crippen molar-refractivity contribution in [2.45, 2.75) is 25.7 Å². The number of hydrogen-bond acceptors (Lipinski definition) is 3. The molecule has 0 aromatic carbocycles. The van der Waals surface area contributed by atoms with Crippen molar-refractivity contribution >= 4 is 0 Å². The molecule has 0 saturated heterocycles. The normalized spacial score (nSPS) is 13.9. The van der Waals surface area contributed by atoms with E-state index in [0.29, 0.717) is 19.7 Å². The van der Waals surface area contributed by atoms with Gasteiger partial charge in [-0.3, -0.25) is 4.68 Å². The van der Waals surface area contributed by atoms with Crippen molar-refractivity contribution in [1.82, 2.24) is 15.1 Å². The zero-order valence-electron chi connectivity index (χ0n) is 9.79. The molecule has 1 aromatic rings. The highest BCUT2D eigenvalue weighted by Gasteiger charge is 2.33. The van der Waals surface area contributed by atoms with E-state index < -0.39 is 11.9 Å². The molecular formula is C10H16F3N3O. The maximum absolute atomic E-state index is 12.2. The van der Waals surface area contributed by atoms with Crippen LogP contribution in [-0.4, -0.2) is 36.1 Å². The van der Waals surface area contributed by atoms with Crippen molar-refractivity contribution in [3.63, 3.8) is 0 Å². The third kappa shape index (κ3) is 4.74. The molecular weight excluding hydrogens is 235 g/mol. The molecule has 0 fully saturated rings. The van der Waals surface area contributed by atoms with Gasteiger partial charge >= 0.3 is 6.18 Å². The fourth-order valence-corrected chi connectivity index (χ4v) is 1.37. The lowest BCUT2D eigenvalue weighted by atomic mass is 10.3. The Balaban J connectivity index is 2.35. The number of alkyl halides is 3. The molecule has 1 unspecified atom stereocenters. The van der Waals surface area contributed by atoms with Gasteiger partial charge < -0.3 is 10.1 Å². The van der Waals surface area contributed by atoms with Gasteiger partial charge in [0, 0.05) is 25.9 Å². The van der Waals surface area contributed by atoms with Gasteiger partial charge in [0.05, 0.1) is 13.2 Å². The van der Waals surface area contributed by atoms with Gasteiger partial charge in [-0.1, -0.05) is 0 Å². The summed E-state index contributed by atoms with van der Waals surface area (Å²) in [6, 6.07) is 1.14. The Bertz CT molecular complexity index is 338. The van der Waals surface area contributed by atoms with Gasteiger partial charge in [0.15, 0.2) is 5.69 Å². The Morgan fingerprint density at radius 3 is 2.76 bits per heavy atom. The second-order valence-corrected chi connectivity index (χ2v) is 3.77. The summed E-state index contributed by atoms with van der Waals surface area (Å²) in [6.45, 7) is 3.44. The van der Waals surface area contributed by atoms with E-state index in [4.69, 9.17) is 4.74 Å². The van der Waals surface area contributed by atoms with Crippen molar-refractivity contribution < 1.29 is 17.9 Å². The lowest BCUT2D eigenvalue weighted by Crippen LogP contribution is -2.32. The van der Waals surface area contributed by atoms with E-state index in [-0.39, 0.29) is 6.04 Å². The highest BCUT2D eigenvalue weighted by molar-refractivity contribution is 5.03. The molecule has 7 heteroatoms. The van der Waals surface area contributed by atoms with Gasteiger partial charge in [0.2, 0.25) is 0 Å². The van der Waals surface area contributed by atoms with Gasteiger partial charge in [-0.2, -0.15) is 18.3 Å². The molecule has 0 aliphatic heterocycles. The maximum Gasteiger partial charge on any atom is 0.435 e.